The molecule has 2 rings (SSSR count). The van der Waals surface area contributed by atoms with Crippen molar-refractivity contribution in [2.75, 3.05) is 6.61 Å². The summed E-state index contributed by atoms with van der Waals surface area (Å²) in [7, 11) is 0. The Morgan fingerprint density at radius 2 is 2.53 bits per heavy atom. The molecule has 4 heteroatoms. The first-order chi connectivity index (χ1) is 7.29. The third-order valence-electron chi connectivity index (χ3n) is 2.30. The van der Waals surface area contributed by atoms with E-state index in [1.165, 1.54) is 12.5 Å². The van der Waals surface area contributed by atoms with Gasteiger partial charge >= 0.3 is 5.97 Å². The first-order valence-electron chi connectivity index (χ1n) is 4.83. The van der Waals surface area contributed by atoms with Crippen LogP contribution in [0.25, 0.3) is 0 Å². The van der Waals surface area contributed by atoms with Crippen molar-refractivity contribution in [3.63, 3.8) is 0 Å². The summed E-state index contributed by atoms with van der Waals surface area (Å²) >= 11 is 0. The van der Waals surface area contributed by atoms with E-state index in [0.29, 0.717) is 18.8 Å². The molecular formula is C11H12O4. The first kappa shape index (κ1) is 9.83. The minimum Gasteiger partial charge on any atom is -0.475 e. The second kappa shape index (κ2) is 3.81. The molecule has 0 spiro atoms. The van der Waals surface area contributed by atoms with E-state index in [1.807, 2.05) is 0 Å². The van der Waals surface area contributed by atoms with Crippen LogP contribution in [0.4, 0.5) is 0 Å². The number of carbonyl (C=O) groups excluding carboxylic acids is 1. The fraction of sp³-hybridized carbons (Fsp3) is 0.364. The molecule has 0 saturated carbocycles. The number of ether oxygens (including phenoxy) is 2. The van der Waals surface area contributed by atoms with E-state index in [1.54, 1.807) is 25.1 Å². The zero-order valence-electron chi connectivity index (χ0n) is 8.43. The fourth-order valence-electron chi connectivity index (χ4n) is 1.57. The molecule has 0 aliphatic carbocycles. The smallest absolute Gasteiger partial charge is 0.358 e. The first-order valence-corrected chi connectivity index (χ1v) is 4.83. The van der Waals surface area contributed by atoms with Crippen LogP contribution in [0.5, 0.6) is 0 Å². The molecule has 0 radical (unpaired) electrons. The number of hydrogen-bond donors (Lipinski definition) is 0. The molecule has 1 unspecified atom stereocenters. The van der Waals surface area contributed by atoms with Crippen LogP contribution >= 0.6 is 0 Å². The molecular weight excluding hydrogens is 196 g/mol. The Kier molecular flexibility index (Phi) is 2.49. The van der Waals surface area contributed by atoms with Crippen LogP contribution in [0.1, 0.15) is 19.1 Å². The lowest BCUT2D eigenvalue weighted by Gasteiger charge is -2.23. The van der Waals surface area contributed by atoms with Crippen molar-refractivity contribution >= 4 is 5.97 Å². The van der Waals surface area contributed by atoms with Crippen LogP contribution < -0.4 is 0 Å². The highest BCUT2D eigenvalue weighted by Gasteiger charge is 2.47. The molecule has 15 heavy (non-hydrogen) atoms. The van der Waals surface area contributed by atoms with Crippen molar-refractivity contribution in [1.29, 1.82) is 0 Å². The zero-order chi connectivity index (χ0) is 10.7. The van der Waals surface area contributed by atoms with E-state index >= 15 is 0 Å². The van der Waals surface area contributed by atoms with Gasteiger partial charge in [-0.1, -0.05) is 0 Å². The van der Waals surface area contributed by atoms with Crippen LogP contribution in [0.15, 0.2) is 35.2 Å². The lowest BCUT2D eigenvalue weighted by molar-refractivity contribution is -0.166. The van der Waals surface area contributed by atoms with Gasteiger partial charge in [-0.15, -0.1) is 0 Å². The van der Waals surface area contributed by atoms with Crippen molar-refractivity contribution in [2.45, 2.75) is 18.9 Å². The van der Waals surface area contributed by atoms with Crippen LogP contribution in [0, 0.1) is 0 Å². The van der Waals surface area contributed by atoms with E-state index in [0.717, 1.165) is 0 Å². The Bertz CT molecular complexity index is 356. The quantitative estimate of drug-likeness (QED) is 0.712. The summed E-state index contributed by atoms with van der Waals surface area (Å²) in [5.74, 6) is 0.0656. The number of hydrogen-bond acceptors (Lipinski definition) is 4. The summed E-state index contributed by atoms with van der Waals surface area (Å²) in [5, 5.41) is 0. The third-order valence-corrected chi connectivity index (χ3v) is 2.30. The highest BCUT2D eigenvalue weighted by Crippen LogP contribution is 2.36. The van der Waals surface area contributed by atoms with Gasteiger partial charge in [-0.05, 0) is 25.1 Å². The van der Waals surface area contributed by atoms with Crippen molar-refractivity contribution in [2.24, 2.45) is 0 Å². The lowest BCUT2D eigenvalue weighted by Crippen LogP contribution is -2.36. The van der Waals surface area contributed by atoms with Gasteiger partial charge in [0.25, 0.3) is 5.60 Å². The van der Waals surface area contributed by atoms with Crippen LogP contribution in [-0.2, 0) is 19.9 Å². The molecule has 0 N–H and O–H groups in total. The minimum absolute atomic E-state index is 0.324. The van der Waals surface area contributed by atoms with Crippen molar-refractivity contribution in [3.05, 3.63) is 36.5 Å². The number of furan rings is 1. The Morgan fingerprint density at radius 3 is 3.07 bits per heavy atom. The van der Waals surface area contributed by atoms with Gasteiger partial charge in [-0.2, -0.15) is 0 Å². The predicted molar refractivity (Wildman–Crippen MR) is 51.9 cm³/mol. The molecule has 1 aromatic heterocycles. The van der Waals surface area contributed by atoms with E-state index in [-0.39, 0.29) is 0 Å². The molecule has 0 amide bonds. The summed E-state index contributed by atoms with van der Waals surface area (Å²) in [6.07, 6.45) is 5.23. The Labute approximate surface area is 87.5 Å². The molecule has 1 aliphatic rings. The average Bonchev–Trinajstić information content (AvgIpc) is 2.90. The maximum Gasteiger partial charge on any atom is 0.358 e. The molecule has 0 fully saturated rings. The van der Waals surface area contributed by atoms with E-state index in [2.05, 4.69) is 0 Å². The molecule has 80 valence electrons. The van der Waals surface area contributed by atoms with Crippen LogP contribution in [0.3, 0.4) is 0 Å². The Hall–Kier alpha value is -1.71. The number of rotatable bonds is 3. The Balaban J connectivity index is 2.29. The van der Waals surface area contributed by atoms with E-state index in [9.17, 15) is 4.79 Å². The number of esters is 1. The highest BCUT2D eigenvalue weighted by atomic mass is 16.6. The minimum atomic E-state index is -1.11. The molecule has 0 bridgehead atoms. The molecule has 4 nitrogen and oxygen atoms in total. The van der Waals surface area contributed by atoms with Gasteiger partial charge in [0.05, 0.1) is 19.1 Å². The maximum atomic E-state index is 11.8. The monoisotopic (exact) mass is 208 g/mol. The summed E-state index contributed by atoms with van der Waals surface area (Å²) in [6.45, 7) is 2.08. The molecule has 0 aromatic carbocycles. The average molecular weight is 208 g/mol. The Morgan fingerprint density at radius 1 is 1.67 bits per heavy atom. The van der Waals surface area contributed by atoms with E-state index < -0.39 is 11.6 Å². The SMILES string of the molecule is CCOC(=O)C1(c2ccco2)CC=CO1. The maximum absolute atomic E-state index is 11.8. The largest absolute Gasteiger partial charge is 0.475 e. The standard InChI is InChI=1S/C11H12O4/c1-2-13-10(12)11(6-4-8-15-11)9-5-3-7-14-9/h3-5,7-8H,2,6H2,1H3. The predicted octanol–water partition coefficient (Wildman–Crippen LogP) is 1.97. The third kappa shape index (κ3) is 1.52. The van der Waals surface area contributed by atoms with Gasteiger partial charge in [0, 0.05) is 6.42 Å². The van der Waals surface area contributed by atoms with Gasteiger partial charge in [-0.3, -0.25) is 0 Å². The summed E-state index contributed by atoms with van der Waals surface area (Å²) in [6, 6.07) is 3.43. The van der Waals surface area contributed by atoms with Crippen molar-refractivity contribution in [3.8, 4) is 0 Å². The van der Waals surface area contributed by atoms with Crippen LogP contribution in [-0.4, -0.2) is 12.6 Å². The molecule has 1 aliphatic heterocycles. The summed E-state index contributed by atoms with van der Waals surface area (Å²) in [5.41, 5.74) is -1.11. The van der Waals surface area contributed by atoms with Crippen LogP contribution in [0.2, 0.25) is 0 Å². The second-order valence-electron chi connectivity index (χ2n) is 3.22. The highest BCUT2D eigenvalue weighted by molar-refractivity contribution is 5.81. The van der Waals surface area contributed by atoms with Gasteiger partial charge in [0.2, 0.25) is 0 Å². The molecule has 0 saturated heterocycles. The van der Waals surface area contributed by atoms with E-state index in [4.69, 9.17) is 13.9 Å². The normalized spacial score (nSPS) is 23.8. The van der Waals surface area contributed by atoms with Gasteiger partial charge in [0.1, 0.15) is 0 Å². The van der Waals surface area contributed by atoms with Gasteiger partial charge in [-0.25, -0.2) is 4.79 Å². The summed E-state index contributed by atoms with van der Waals surface area (Å²) in [4.78, 5) is 11.8. The molecule has 2 heterocycles. The second-order valence-corrected chi connectivity index (χ2v) is 3.22. The molecule has 1 aromatic rings. The van der Waals surface area contributed by atoms with Crippen molar-refractivity contribution in [1.82, 2.24) is 0 Å². The number of carbonyl (C=O) groups is 1. The molecule has 1 atom stereocenters. The summed E-state index contributed by atoms with van der Waals surface area (Å²) < 4.78 is 15.6. The topological polar surface area (TPSA) is 48.7 Å². The van der Waals surface area contributed by atoms with Gasteiger partial charge < -0.3 is 13.9 Å². The lowest BCUT2D eigenvalue weighted by atomic mass is 9.98. The van der Waals surface area contributed by atoms with Gasteiger partial charge in [0.15, 0.2) is 5.76 Å². The zero-order valence-corrected chi connectivity index (χ0v) is 8.43. The fourth-order valence-corrected chi connectivity index (χ4v) is 1.57. The van der Waals surface area contributed by atoms with Crippen molar-refractivity contribution < 1.29 is 18.7 Å².